The SMILES string of the molecule is CC1(C)C[C@H](n2[nH]c(=O)c3c2NC(=O)CS[C@H]3c2cc(F)c(F)c(F)c2)CCO1. The number of amides is 1. The minimum Gasteiger partial charge on any atom is -0.375 e. The van der Waals surface area contributed by atoms with Gasteiger partial charge in [-0.2, -0.15) is 0 Å². The van der Waals surface area contributed by atoms with Crippen LogP contribution in [-0.2, 0) is 9.53 Å². The fourth-order valence-corrected chi connectivity index (χ4v) is 5.03. The van der Waals surface area contributed by atoms with Gasteiger partial charge in [0.05, 0.1) is 28.2 Å². The van der Waals surface area contributed by atoms with Gasteiger partial charge in [0.15, 0.2) is 17.5 Å². The third-order valence-electron chi connectivity index (χ3n) is 5.21. The third kappa shape index (κ3) is 3.71. The van der Waals surface area contributed by atoms with E-state index in [9.17, 15) is 22.8 Å². The average molecular weight is 427 g/mol. The number of fused-ring (bicyclic) bond motifs is 1. The van der Waals surface area contributed by atoms with Gasteiger partial charge in [0, 0.05) is 6.61 Å². The fraction of sp³-hybridized carbons (Fsp3) is 0.474. The molecule has 2 atom stereocenters. The zero-order chi connectivity index (χ0) is 20.9. The van der Waals surface area contributed by atoms with E-state index in [1.54, 1.807) is 4.68 Å². The average Bonchev–Trinajstić information content (AvgIpc) is 2.84. The molecular weight excluding hydrogens is 407 g/mol. The van der Waals surface area contributed by atoms with Crippen LogP contribution in [0, 0.1) is 17.5 Å². The Morgan fingerprint density at radius 2 is 1.90 bits per heavy atom. The number of benzene rings is 1. The molecule has 2 aliphatic heterocycles. The lowest BCUT2D eigenvalue weighted by Gasteiger charge is -2.36. The van der Waals surface area contributed by atoms with Gasteiger partial charge in [0.1, 0.15) is 5.82 Å². The quantitative estimate of drug-likeness (QED) is 0.720. The lowest BCUT2D eigenvalue weighted by Crippen LogP contribution is -2.36. The van der Waals surface area contributed by atoms with E-state index in [0.717, 1.165) is 23.9 Å². The predicted molar refractivity (Wildman–Crippen MR) is 103 cm³/mol. The highest BCUT2D eigenvalue weighted by atomic mass is 32.2. The van der Waals surface area contributed by atoms with E-state index in [1.165, 1.54) is 0 Å². The van der Waals surface area contributed by atoms with Crippen molar-refractivity contribution in [3.63, 3.8) is 0 Å². The molecule has 4 rings (SSSR count). The molecular formula is C19H20F3N3O3S. The van der Waals surface area contributed by atoms with Crippen molar-refractivity contribution in [2.45, 2.75) is 43.6 Å². The summed E-state index contributed by atoms with van der Waals surface area (Å²) in [5.41, 5.74) is -0.590. The monoisotopic (exact) mass is 427 g/mol. The first kappa shape index (κ1) is 20.1. The van der Waals surface area contributed by atoms with Crippen molar-refractivity contribution < 1.29 is 22.7 Å². The second kappa shape index (κ2) is 7.24. The van der Waals surface area contributed by atoms with Gasteiger partial charge < -0.3 is 10.1 Å². The number of nitrogens with zero attached hydrogens (tertiary/aromatic N) is 1. The fourth-order valence-electron chi connectivity index (χ4n) is 3.93. The van der Waals surface area contributed by atoms with E-state index in [0.29, 0.717) is 19.4 Å². The van der Waals surface area contributed by atoms with Crippen molar-refractivity contribution in [2.24, 2.45) is 0 Å². The van der Waals surface area contributed by atoms with Gasteiger partial charge >= 0.3 is 0 Å². The summed E-state index contributed by atoms with van der Waals surface area (Å²) in [6.45, 7) is 4.38. The number of ether oxygens (including phenoxy) is 1. The van der Waals surface area contributed by atoms with Gasteiger partial charge in [-0.3, -0.25) is 19.4 Å². The van der Waals surface area contributed by atoms with E-state index in [1.807, 2.05) is 13.8 Å². The molecule has 156 valence electrons. The second-order valence-corrected chi connectivity index (χ2v) is 8.96. The normalized spacial score (nSPS) is 24.0. The van der Waals surface area contributed by atoms with E-state index in [2.05, 4.69) is 10.4 Å². The molecule has 0 saturated carbocycles. The Labute approximate surface area is 168 Å². The van der Waals surface area contributed by atoms with E-state index < -0.39 is 33.9 Å². The first-order chi connectivity index (χ1) is 13.7. The maximum absolute atomic E-state index is 13.8. The maximum Gasteiger partial charge on any atom is 0.270 e. The summed E-state index contributed by atoms with van der Waals surface area (Å²) in [5, 5.41) is 4.69. The Hall–Kier alpha value is -2.20. The van der Waals surface area contributed by atoms with Crippen LogP contribution in [0.5, 0.6) is 0 Å². The molecule has 1 aromatic heterocycles. The van der Waals surface area contributed by atoms with Crippen LogP contribution in [0.3, 0.4) is 0 Å². The van der Waals surface area contributed by atoms with Crippen molar-refractivity contribution in [1.82, 2.24) is 9.78 Å². The first-order valence-electron chi connectivity index (χ1n) is 9.20. The van der Waals surface area contributed by atoms with Crippen LogP contribution in [0.15, 0.2) is 16.9 Å². The number of nitrogens with one attached hydrogen (secondary N) is 2. The van der Waals surface area contributed by atoms with Crippen molar-refractivity contribution in [1.29, 1.82) is 0 Å². The number of anilines is 1. The third-order valence-corrected chi connectivity index (χ3v) is 6.48. The van der Waals surface area contributed by atoms with Gasteiger partial charge in [0.2, 0.25) is 5.91 Å². The maximum atomic E-state index is 13.8. The van der Waals surface area contributed by atoms with E-state index >= 15 is 0 Å². The Bertz CT molecular complexity index is 1010. The molecule has 2 aromatic rings. The topological polar surface area (TPSA) is 76.1 Å². The molecule has 0 aliphatic carbocycles. The number of hydrogen-bond acceptors (Lipinski definition) is 4. The summed E-state index contributed by atoms with van der Waals surface area (Å²) in [7, 11) is 0. The molecule has 1 amide bonds. The zero-order valence-electron chi connectivity index (χ0n) is 15.9. The van der Waals surface area contributed by atoms with Crippen molar-refractivity contribution in [2.75, 3.05) is 17.7 Å². The number of hydrogen-bond donors (Lipinski definition) is 2. The lowest BCUT2D eigenvalue weighted by molar-refractivity contribution is -0.113. The highest BCUT2D eigenvalue weighted by molar-refractivity contribution is 8.00. The van der Waals surface area contributed by atoms with Crippen molar-refractivity contribution in [3.8, 4) is 0 Å². The molecule has 2 aliphatic rings. The summed E-state index contributed by atoms with van der Waals surface area (Å²) >= 11 is 1.06. The van der Waals surface area contributed by atoms with Crippen LogP contribution < -0.4 is 10.9 Å². The predicted octanol–water partition coefficient (Wildman–Crippen LogP) is 3.50. The molecule has 0 spiro atoms. The summed E-state index contributed by atoms with van der Waals surface area (Å²) in [5.74, 6) is -4.32. The van der Waals surface area contributed by atoms with Crippen molar-refractivity contribution in [3.05, 3.63) is 51.1 Å². The molecule has 0 unspecified atom stereocenters. The summed E-state index contributed by atoms with van der Waals surface area (Å²) in [6, 6.07) is 1.61. The highest BCUT2D eigenvalue weighted by Gasteiger charge is 2.36. The van der Waals surface area contributed by atoms with E-state index in [4.69, 9.17) is 4.74 Å². The molecule has 1 aromatic carbocycles. The number of halogens is 3. The number of thioether (sulfide) groups is 1. The first-order valence-corrected chi connectivity index (χ1v) is 10.3. The number of aromatic nitrogens is 2. The molecule has 2 N–H and O–H groups in total. The molecule has 1 saturated heterocycles. The van der Waals surface area contributed by atoms with Crippen LogP contribution in [0.25, 0.3) is 0 Å². The minimum atomic E-state index is -1.57. The minimum absolute atomic E-state index is 0.0152. The Kier molecular flexibility index (Phi) is 5.02. The number of H-pyrrole nitrogens is 1. The van der Waals surface area contributed by atoms with Crippen LogP contribution in [0.4, 0.5) is 19.0 Å². The molecule has 6 nitrogen and oxygen atoms in total. The summed E-state index contributed by atoms with van der Waals surface area (Å²) < 4.78 is 48.4. The lowest BCUT2D eigenvalue weighted by atomic mass is 9.94. The van der Waals surface area contributed by atoms with Gasteiger partial charge in [0.25, 0.3) is 5.56 Å². The van der Waals surface area contributed by atoms with Crippen molar-refractivity contribution >= 4 is 23.5 Å². The Morgan fingerprint density at radius 1 is 1.21 bits per heavy atom. The number of carbonyl (C=O) groups excluding carboxylic acids is 1. The van der Waals surface area contributed by atoms with Gasteiger partial charge in [-0.05, 0) is 44.4 Å². The summed E-state index contributed by atoms with van der Waals surface area (Å²) in [4.78, 5) is 25.1. The summed E-state index contributed by atoms with van der Waals surface area (Å²) in [6.07, 6.45) is 1.24. The largest absolute Gasteiger partial charge is 0.375 e. The standard InChI is InChI=1S/C19H20F3N3O3S/c1-19(2)7-10(3-4-28-19)25-17-14(18(27)24-25)16(29-8-13(26)23-17)9-5-11(20)15(22)12(21)6-9/h5-6,10,16H,3-4,7-8H2,1-2H3,(H,23,26)(H,24,27)/t10-,16+/m1/s1. The molecule has 0 bridgehead atoms. The highest BCUT2D eigenvalue weighted by Crippen LogP contribution is 2.42. The van der Waals surface area contributed by atoms with Gasteiger partial charge in [-0.25, -0.2) is 13.2 Å². The van der Waals surface area contributed by atoms with Crippen LogP contribution in [0.1, 0.15) is 49.1 Å². The van der Waals surface area contributed by atoms with Crippen LogP contribution >= 0.6 is 11.8 Å². The number of carbonyl (C=O) groups is 1. The Balaban J connectivity index is 1.83. The van der Waals surface area contributed by atoms with Gasteiger partial charge in [-0.1, -0.05) is 0 Å². The number of aromatic amines is 1. The molecule has 29 heavy (non-hydrogen) atoms. The smallest absolute Gasteiger partial charge is 0.270 e. The Morgan fingerprint density at radius 3 is 2.55 bits per heavy atom. The second-order valence-electron chi connectivity index (χ2n) is 7.87. The van der Waals surface area contributed by atoms with Gasteiger partial charge in [-0.15, -0.1) is 11.8 Å². The van der Waals surface area contributed by atoms with E-state index in [-0.39, 0.29) is 34.6 Å². The van der Waals surface area contributed by atoms with Crippen LogP contribution in [-0.4, -0.2) is 33.6 Å². The molecule has 0 radical (unpaired) electrons. The molecule has 1 fully saturated rings. The molecule has 3 heterocycles. The zero-order valence-corrected chi connectivity index (χ0v) is 16.7. The number of rotatable bonds is 2. The van der Waals surface area contributed by atoms with Crippen LogP contribution in [0.2, 0.25) is 0 Å². The molecule has 10 heteroatoms.